The quantitative estimate of drug-likeness (QED) is 0.671. The first-order valence-electron chi connectivity index (χ1n) is 4.44. The van der Waals surface area contributed by atoms with Gasteiger partial charge in [0.15, 0.2) is 5.15 Å². The van der Waals surface area contributed by atoms with Crippen LogP contribution in [-0.2, 0) is 4.79 Å². The summed E-state index contributed by atoms with van der Waals surface area (Å²) in [4.78, 5) is 14.4. The summed E-state index contributed by atoms with van der Waals surface area (Å²) in [6.45, 7) is 1.50. The van der Waals surface area contributed by atoms with E-state index in [1.807, 2.05) is 0 Å². The Morgan fingerprint density at radius 1 is 1.33 bits per heavy atom. The van der Waals surface area contributed by atoms with E-state index in [1.165, 1.54) is 18.4 Å². The van der Waals surface area contributed by atoms with Gasteiger partial charge in [0.25, 0.3) is 0 Å². The van der Waals surface area contributed by atoms with Crippen LogP contribution in [-0.4, -0.2) is 23.0 Å². The van der Waals surface area contributed by atoms with Crippen molar-refractivity contribution in [2.75, 3.05) is 5.32 Å². The van der Waals surface area contributed by atoms with Gasteiger partial charge >= 0.3 is 18.0 Å². The summed E-state index contributed by atoms with van der Waals surface area (Å²) >= 11 is 5.45. The third-order valence-electron chi connectivity index (χ3n) is 1.87. The number of alkyl halides is 5. The largest absolute Gasteiger partial charge is 0.463 e. The van der Waals surface area contributed by atoms with E-state index < -0.39 is 23.7 Å². The molecule has 0 atom stereocenters. The van der Waals surface area contributed by atoms with Crippen molar-refractivity contribution >= 4 is 23.2 Å². The lowest BCUT2D eigenvalue weighted by Crippen LogP contribution is -2.47. The first kappa shape index (κ1) is 14.6. The van der Waals surface area contributed by atoms with Crippen molar-refractivity contribution in [2.45, 2.75) is 19.0 Å². The van der Waals surface area contributed by atoms with Gasteiger partial charge in [-0.2, -0.15) is 22.0 Å². The van der Waals surface area contributed by atoms with Crippen LogP contribution in [0.5, 0.6) is 0 Å². The van der Waals surface area contributed by atoms with Crippen molar-refractivity contribution in [2.24, 2.45) is 0 Å². The van der Waals surface area contributed by atoms with Crippen LogP contribution in [0.3, 0.4) is 0 Å². The van der Waals surface area contributed by atoms with Gasteiger partial charge in [-0.3, -0.25) is 4.79 Å². The summed E-state index contributed by atoms with van der Waals surface area (Å²) in [7, 11) is 0. The summed E-state index contributed by atoms with van der Waals surface area (Å²) in [6.07, 6.45) is -4.71. The second-order valence-corrected chi connectivity index (χ2v) is 3.74. The van der Waals surface area contributed by atoms with E-state index in [-0.39, 0.29) is 5.15 Å². The maximum atomic E-state index is 12.6. The van der Waals surface area contributed by atoms with Gasteiger partial charge in [-0.25, -0.2) is 4.98 Å². The van der Waals surface area contributed by atoms with Crippen molar-refractivity contribution < 1.29 is 26.7 Å². The predicted molar refractivity (Wildman–Crippen MR) is 53.6 cm³/mol. The van der Waals surface area contributed by atoms with Crippen LogP contribution >= 0.6 is 11.6 Å². The van der Waals surface area contributed by atoms with Crippen LogP contribution in [0.25, 0.3) is 0 Å². The Balaban J connectivity index is 2.98. The SMILES string of the molecule is Cc1cnc(Cl)c(NC(=O)C(F)(F)C(F)(F)F)c1. The molecule has 1 N–H and O–H groups in total. The summed E-state index contributed by atoms with van der Waals surface area (Å²) in [6, 6.07) is 1.12. The summed E-state index contributed by atoms with van der Waals surface area (Å²) < 4.78 is 61.0. The Hall–Kier alpha value is -1.44. The van der Waals surface area contributed by atoms with E-state index in [1.54, 1.807) is 0 Å². The number of anilines is 1. The van der Waals surface area contributed by atoms with Gasteiger partial charge in [-0.15, -0.1) is 0 Å². The molecule has 1 heterocycles. The summed E-state index contributed by atoms with van der Waals surface area (Å²) in [5.74, 6) is -8.01. The van der Waals surface area contributed by atoms with Gasteiger partial charge < -0.3 is 5.32 Å². The second-order valence-electron chi connectivity index (χ2n) is 3.38. The van der Waals surface area contributed by atoms with Crippen LogP contribution in [0.15, 0.2) is 12.3 Å². The molecule has 0 unspecified atom stereocenters. The number of amides is 1. The molecule has 1 aromatic rings. The third-order valence-corrected chi connectivity index (χ3v) is 2.17. The lowest BCUT2D eigenvalue weighted by molar-refractivity contribution is -0.267. The highest BCUT2D eigenvalue weighted by Gasteiger charge is 2.63. The summed E-state index contributed by atoms with van der Waals surface area (Å²) in [5.41, 5.74) is 0.0237. The molecule has 0 aromatic carbocycles. The number of nitrogens with zero attached hydrogens (tertiary/aromatic N) is 1. The van der Waals surface area contributed by atoms with Crippen molar-refractivity contribution in [3.63, 3.8) is 0 Å². The van der Waals surface area contributed by atoms with Gasteiger partial charge in [0.05, 0.1) is 5.69 Å². The molecular weight excluding hydrogens is 283 g/mol. The molecule has 0 aliphatic carbocycles. The highest BCUT2D eigenvalue weighted by Crippen LogP contribution is 2.36. The zero-order valence-electron chi connectivity index (χ0n) is 8.78. The molecule has 0 spiro atoms. The zero-order valence-corrected chi connectivity index (χ0v) is 9.53. The smallest absolute Gasteiger partial charge is 0.318 e. The average Bonchev–Trinajstić information content (AvgIpc) is 2.21. The zero-order chi connectivity index (χ0) is 14.1. The number of aromatic nitrogens is 1. The van der Waals surface area contributed by atoms with Crippen molar-refractivity contribution in [3.8, 4) is 0 Å². The monoisotopic (exact) mass is 288 g/mol. The molecule has 9 heteroatoms. The van der Waals surface area contributed by atoms with Crippen LogP contribution in [0.1, 0.15) is 5.56 Å². The van der Waals surface area contributed by atoms with E-state index in [2.05, 4.69) is 4.98 Å². The molecule has 1 rings (SSSR count). The number of carbonyl (C=O) groups excluding carboxylic acids is 1. The van der Waals surface area contributed by atoms with E-state index >= 15 is 0 Å². The number of aryl methyl sites for hydroxylation is 1. The minimum atomic E-state index is -5.97. The van der Waals surface area contributed by atoms with Gasteiger partial charge in [0.1, 0.15) is 0 Å². The Morgan fingerprint density at radius 3 is 2.39 bits per heavy atom. The Kier molecular flexibility index (Phi) is 3.80. The first-order valence-corrected chi connectivity index (χ1v) is 4.81. The van der Waals surface area contributed by atoms with Gasteiger partial charge in [0.2, 0.25) is 0 Å². The average molecular weight is 289 g/mol. The number of halogens is 6. The number of nitrogens with one attached hydrogen (secondary N) is 1. The fourth-order valence-electron chi connectivity index (χ4n) is 0.970. The molecule has 100 valence electrons. The van der Waals surface area contributed by atoms with Crippen LogP contribution < -0.4 is 5.32 Å². The highest BCUT2D eigenvalue weighted by molar-refractivity contribution is 6.32. The Labute approximate surface area is 103 Å². The molecule has 0 aliphatic heterocycles. The third kappa shape index (κ3) is 2.87. The molecule has 0 bridgehead atoms. The molecule has 18 heavy (non-hydrogen) atoms. The molecule has 0 saturated heterocycles. The Morgan fingerprint density at radius 2 is 1.89 bits per heavy atom. The van der Waals surface area contributed by atoms with E-state index in [4.69, 9.17) is 11.6 Å². The number of carbonyl (C=O) groups is 1. The number of rotatable bonds is 2. The Bertz CT molecular complexity index is 475. The minimum absolute atomic E-state index is 0.382. The molecular formula is C9H6ClF5N2O. The fourth-order valence-corrected chi connectivity index (χ4v) is 1.12. The van der Waals surface area contributed by atoms with Crippen LogP contribution in [0.4, 0.5) is 27.6 Å². The normalized spacial score (nSPS) is 12.4. The number of hydrogen-bond acceptors (Lipinski definition) is 2. The van der Waals surface area contributed by atoms with Crippen LogP contribution in [0.2, 0.25) is 5.15 Å². The van der Waals surface area contributed by atoms with Crippen molar-refractivity contribution in [1.82, 2.24) is 4.98 Å². The maximum Gasteiger partial charge on any atom is 0.463 e. The first-order chi connectivity index (χ1) is 8.05. The molecule has 0 radical (unpaired) electrons. The minimum Gasteiger partial charge on any atom is -0.318 e. The van der Waals surface area contributed by atoms with E-state index in [0.29, 0.717) is 5.56 Å². The lowest BCUT2D eigenvalue weighted by Gasteiger charge is -2.18. The molecule has 1 amide bonds. The summed E-state index contributed by atoms with van der Waals surface area (Å²) in [5, 5.41) is 1.01. The highest BCUT2D eigenvalue weighted by atomic mass is 35.5. The number of hydrogen-bond donors (Lipinski definition) is 1. The van der Waals surface area contributed by atoms with Crippen LogP contribution in [0, 0.1) is 6.92 Å². The molecule has 3 nitrogen and oxygen atoms in total. The van der Waals surface area contributed by atoms with E-state index in [9.17, 15) is 26.7 Å². The molecule has 0 aliphatic rings. The van der Waals surface area contributed by atoms with Gasteiger partial charge in [0, 0.05) is 6.20 Å². The molecule has 1 aromatic heterocycles. The fraction of sp³-hybridized carbons (Fsp3) is 0.333. The van der Waals surface area contributed by atoms with E-state index in [0.717, 1.165) is 6.07 Å². The van der Waals surface area contributed by atoms with Crippen molar-refractivity contribution in [1.29, 1.82) is 0 Å². The standard InChI is InChI=1S/C9H6ClF5N2O/c1-4-2-5(6(10)16-3-4)17-7(18)8(11,12)9(13,14)15/h2-3H,1H3,(H,17,18). The van der Waals surface area contributed by atoms with Crippen molar-refractivity contribution in [3.05, 3.63) is 23.0 Å². The topological polar surface area (TPSA) is 42.0 Å². The predicted octanol–water partition coefficient (Wildman–Crippen LogP) is 3.18. The maximum absolute atomic E-state index is 12.6. The lowest BCUT2D eigenvalue weighted by atomic mass is 10.2. The molecule has 0 saturated carbocycles. The van der Waals surface area contributed by atoms with Gasteiger partial charge in [-0.1, -0.05) is 11.6 Å². The number of pyridine rings is 1. The molecule has 0 fully saturated rings. The van der Waals surface area contributed by atoms with Gasteiger partial charge in [-0.05, 0) is 18.6 Å². The second kappa shape index (κ2) is 4.68.